The van der Waals surface area contributed by atoms with Crippen LogP contribution in [0, 0.1) is 0 Å². The molecule has 9 heavy (non-hydrogen) atoms. The van der Waals surface area contributed by atoms with Gasteiger partial charge in [-0.05, 0) is 0 Å². The third-order valence-corrected chi connectivity index (χ3v) is 1.16. The van der Waals surface area contributed by atoms with Gasteiger partial charge in [0.05, 0.1) is 13.2 Å². The molecule has 1 N–H and O–H groups in total. The molecule has 0 saturated carbocycles. The van der Waals surface area contributed by atoms with Crippen LogP contribution >= 0.6 is 0 Å². The van der Waals surface area contributed by atoms with Crippen molar-refractivity contribution in [2.45, 2.75) is 12.5 Å². The van der Waals surface area contributed by atoms with E-state index >= 15 is 0 Å². The molecule has 0 unspecified atom stereocenters. The van der Waals surface area contributed by atoms with Gasteiger partial charge >= 0.3 is 6.16 Å². The van der Waals surface area contributed by atoms with E-state index < -0.39 is 6.16 Å². The first kappa shape index (κ1) is 6.35. The first-order chi connectivity index (χ1) is 4.29. The molecule has 4 heteroatoms. The van der Waals surface area contributed by atoms with Crippen LogP contribution in [0.3, 0.4) is 0 Å². The summed E-state index contributed by atoms with van der Waals surface area (Å²) >= 11 is 0. The van der Waals surface area contributed by atoms with E-state index in [1.807, 2.05) is 0 Å². The highest BCUT2D eigenvalue weighted by atomic mass is 16.7. The minimum absolute atomic E-state index is 0.234. The van der Waals surface area contributed by atoms with Crippen LogP contribution in [-0.2, 0) is 9.47 Å². The van der Waals surface area contributed by atoms with Crippen molar-refractivity contribution in [3.63, 3.8) is 0 Å². The lowest BCUT2D eigenvalue weighted by molar-refractivity contribution is 0.0449. The maximum absolute atomic E-state index is 9.88. The fourth-order valence-corrected chi connectivity index (χ4v) is 0.748. The summed E-state index contributed by atoms with van der Waals surface area (Å²) in [5, 5.41) is 8.10. The van der Waals surface area contributed by atoms with E-state index in [-0.39, 0.29) is 6.10 Å². The van der Waals surface area contributed by atoms with Gasteiger partial charge in [0.1, 0.15) is 6.10 Å². The second-order valence-corrected chi connectivity index (χ2v) is 1.87. The van der Waals surface area contributed by atoms with Gasteiger partial charge in [0, 0.05) is 6.42 Å². The lowest BCUT2D eigenvalue weighted by Gasteiger charge is -2.03. The Hall–Kier alpha value is -0.770. The van der Waals surface area contributed by atoms with Crippen LogP contribution in [0.2, 0.25) is 0 Å². The molecule has 1 aliphatic heterocycles. The van der Waals surface area contributed by atoms with Crippen molar-refractivity contribution in [1.29, 1.82) is 0 Å². The summed E-state index contributed by atoms with van der Waals surface area (Å²) in [7, 11) is 0. The van der Waals surface area contributed by atoms with Gasteiger partial charge in [-0.1, -0.05) is 0 Å². The first-order valence-electron chi connectivity index (χ1n) is 2.76. The van der Waals surface area contributed by atoms with E-state index in [1.165, 1.54) is 0 Å². The van der Waals surface area contributed by atoms with Crippen LogP contribution < -0.4 is 0 Å². The molecule has 1 rings (SSSR count). The summed E-state index contributed by atoms with van der Waals surface area (Å²) < 4.78 is 9.27. The highest BCUT2D eigenvalue weighted by Gasteiger charge is 2.18. The standard InChI is InChI=1S/C5H8O4/c6-5(7)9-4-1-2-8-3-4/h4H,1-3H2,(H,6,7)/t4-/m1/s1. The lowest BCUT2D eigenvalue weighted by atomic mass is 10.3. The lowest BCUT2D eigenvalue weighted by Crippen LogP contribution is -2.15. The number of ether oxygens (including phenoxy) is 2. The predicted octanol–water partition coefficient (Wildman–Crippen LogP) is 0.470. The summed E-state index contributed by atoms with van der Waals surface area (Å²) in [5.41, 5.74) is 0. The average molecular weight is 132 g/mol. The maximum atomic E-state index is 9.88. The third kappa shape index (κ3) is 1.89. The zero-order chi connectivity index (χ0) is 6.69. The number of rotatable bonds is 1. The molecule has 0 bridgehead atoms. The van der Waals surface area contributed by atoms with E-state index in [2.05, 4.69) is 4.74 Å². The van der Waals surface area contributed by atoms with Gasteiger partial charge in [-0.25, -0.2) is 4.79 Å². The van der Waals surface area contributed by atoms with Crippen molar-refractivity contribution in [3.05, 3.63) is 0 Å². The monoisotopic (exact) mass is 132 g/mol. The summed E-state index contributed by atoms with van der Waals surface area (Å²) in [4.78, 5) is 9.88. The molecule has 1 aliphatic rings. The Bertz CT molecular complexity index is 106. The molecule has 0 aliphatic carbocycles. The maximum Gasteiger partial charge on any atom is 0.506 e. The first-order valence-corrected chi connectivity index (χ1v) is 2.76. The zero-order valence-corrected chi connectivity index (χ0v) is 4.87. The Balaban J connectivity index is 2.19. The number of carboxylic acid groups (broad SMARTS) is 1. The van der Waals surface area contributed by atoms with E-state index in [9.17, 15) is 4.79 Å². The molecule has 1 atom stereocenters. The number of carbonyl (C=O) groups is 1. The second-order valence-electron chi connectivity index (χ2n) is 1.87. The Morgan fingerprint density at radius 3 is 3.00 bits per heavy atom. The van der Waals surface area contributed by atoms with Gasteiger partial charge in [-0.3, -0.25) is 0 Å². The fraction of sp³-hybridized carbons (Fsp3) is 0.800. The minimum Gasteiger partial charge on any atom is -0.450 e. The quantitative estimate of drug-likeness (QED) is 0.527. The van der Waals surface area contributed by atoms with Gasteiger partial charge in [-0.15, -0.1) is 0 Å². The molecule has 0 radical (unpaired) electrons. The molecule has 4 nitrogen and oxygen atoms in total. The molecular weight excluding hydrogens is 124 g/mol. The van der Waals surface area contributed by atoms with Crippen LogP contribution in [0.15, 0.2) is 0 Å². The minimum atomic E-state index is -1.22. The van der Waals surface area contributed by atoms with E-state index in [0.717, 1.165) is 0 Å². The second kappa shape index (κ2) is 2.68. The van der Waals surface area contributed by atoms with Gasteiger partial charge in [0.25, 0.3) is 0 Å². The summed E-state index contributed by atoms with van der Waals surface area (Å²) in [6.07, 6.45) is -0.764. The third-order valence-electron chi connectivity index (χ3n) is 1.16. The van der Waals surface area contributed by atoms with Gasteiger partial charge in [0.2, 0.25) is 0 Å². The van der Waals surface area contributed by atoms with Crippen molar-refractivity contribution in [2.24, 2.45) is 0 Å². The molecule has 0 amide bonds. The van der Waals surface area contributed by atoms with E-state index in [0.29, 0.717) is 19.6 Å². The molecule has 0 aromatic heterocycles. The molecule has 0 aromatic carbocycles. The zero-order valence-electron chi connectivity index (χ0n) is 4.87. The molecule has 1 saturated heterocycles. The highest BCUT2D eigenvalue weighted by Crippen LogP contribution is 2.07. The van der Waals surface area contributed by atoms with Crippen molar-refractivity contribution in [1.82, 2.24) is 0 Å². The number of hydrogen-bond acceptors (Lipinski definition) is 3. The molecule has 0 aromatic rings. The highest BCUT2D eigenvalue weighted by molar-refractivity contribution is 5.57. The van der Waals surface area contributed by atoms with Crippen molar-refractivity contribution < 1.29 is 19.4 Å². The Kier molecular flexibility index (Phi) is 1.89. The molecule has 0 spiro atoms. The van der Waals surface area contributed by atoms with Crippen molar-refractivity contribution >= 4 is 6.16 Å². The van der Waals surface area contributed by atoms with Gasteiger partial charge < -0.3 is 14.6 Å². The molecule has 1 heterocycles. The van der Waals surface area contributed by atoms with Crippen molar-refractivity contribution in [2.75, 3.05) is 13.2 Å². The van der Waals surface area contributed by atoms with Crippen molar-refractivity contribution in [3.8, 4) is 0 Å². The van der Waals surface area contributed by atoms with Crippen LogP contribution in [0.5, 0.6) is 0 Å². The van der Waals surface area contributed by atoms with Crippen LogP contribution in [0.4, 0.5) is 4.79 Å². The summed E-state index contributed by atoms with van der Waals surface area (Å²) in [6, 6.07) is 0. The van der Waals surface area contributed by atoms with E-state index in [1.54, 1.807) is 0 Å². The Morgan fingerprint density at radius 1 is 1.78 bits per heavy atom. The summed E-state index contributed by atoms with van der Waals surface area (Å²) in [6.45, 7) is 1.02. The Morgan fingerprint density at radius 2 is 2.56 bits per heavy atom. The Labute approximate surface area is 52.4 Å². The van der Waals surface area contributed by atoms with Gasteiger partial charge in [0.15, 0.2) is 0 Å². The molecular formula is C5H8O4. The smallest absolute Gasteiger partial charge is 0.450 e. The van der Waals surface area contributed by atoms with Crippen LogP contribution in [0.25, 0.3) is 0 Å². The fourth-order valence-electron chi connectivity index (χ4n) is 0.748. The SMILES string of the molecule is O=C(O)O[C@@H]1CCOC1. The predicted molar refractivity (Wildman–Crippen MR) is 28.3 cm³/mol. The van der Waals surface area contributed by atoms with Crippen LogP contribution in [-0.4, -0.2) is 30.6 Å². The number of hydrogen-bond donors (Lipinski definition) is 1. The van der Waals surface area contributed by atoms with E-state index in [4.69, 9.17) is 9.84 Å². The van der Waals surface area contributed by atoms with Gasteiger partial charge in [-0.2, -0.15) is 0 Å². The van der Waals surface area contributed by atoms with Crippen LogP contribution in [0.1, 0.15) is 6.42 Å². The summed E-state index contributed by atoms with van der Waals surface area (Å²) in [5.74, 6) is 0. The largest absolute Gasteiger partial charge is 0.506 e. The molecule has 1 fully saturated rings. The normalized spacial score (nSPS) is 26.0. The average Bonchev–Trinajstić information content (AvgIpc) is 2.15. The topological polar surface area (TPSA) is 55.8 Å². The molecule has 52 valence electrons.